The van der Waals surface area contributed by atoms with Crippen molar-refractivity contribution in [3.63, 3.8) is 0 Å². The summed E-state index contributed by atoms with van der Waals surface area (Å²) in [6.07, 6.45) is 11.5. The molecule has 3 aromatic rings. The van der Waals surface area contributed by atoms with Crippen molar-refractivity contribution in [2.45, 2.75) is 67.7 Å². The van der Waals surface area contributed by atoms with E-state index in [1.54, 1.807) is 5.57 Å². The standard InChI is InChI=1S/C28H33NOS2.BrH.HI/c1-2-3-17-30-23-8-6-9-24(18-23)32-25-12-13-28-26(19-25)27(20-31-28)21-10-11-22-7-4-5-15-29(22)16-14-21;;/h6,8-9,12-14,18-20,22H,2-5,7,10-11,15-17H2,1H3;2*1H. The van der Waals surface area contributed by atoms with E-state index in [0.717, 1.165) is 37.8 Å². The second-order valence-electron chi connectivity index (χ2n) is 9.00. The van der Waals surface area contributed by atoms with E-state index in [1.807, 2.05) is 23.1 Å². The highest BCUT2D eigenvalue weighted by Crippen LogP contribution is 2.39. The summed E-state index contributed by atoms with van der Waals surface area (Å²) in [5, 5.41) is 3.80. The van der Waals surface area contributed by atoms with E-state index in [9.17, 15) is 0 Å². The maximum Gasteiger partial charge on any atom is 0.120 e. The van der Waals surface area contributed by atoms with Gasteiger partial charge in [0.25, 0.3) is 0 Å². The van der Waals surface area contributed by atoms with Gasteiger partial charge in [0.2, 0.25) is 0 Å². The number of allylic oxidation sites excluding steroid dienone is 1. The zero-order valence-electron chi connectivity index (χ0n) is 19.8. The molecule has 0 spiro atoms. The Hall–Kier alpha value is -0.540. The number of ether oxygens (including phenoxy) is 1. The minimum atomic E-state index is 0. The van der Waals surface area contributed by atoms with Gasteiger partial charge in [0.15, 0.2) is 0 Å². The van der Waals surface area contributed by atoms with Gasteiger partial charge < -0.3 is 4.74 Å². The first kappa shape index (κ1) is 28.0. The van der Waals surface area contributed by atoms with Crippen molar-refractivity contribution in [3.05, 3.63) is 59.5 Å². The number of benzene rings is 2. The molecule has 2 aromatic carbocycles. The fraction of sp³-hybridized carbons (Fsp3) is 0.429. The van der Waals surface area contributed by atoms with Crippen molar-refractivity contribution < 1.29 is 4.74 Å². The van der Waals surface area contributed by atoms with Gasteiger partial charge in [0.05, 0.1) is 6.61 Å². The lowest BCUT2D eigenvalue weighted by atomic mass is 9.95. The first-order valence-electron chi connectivity index (χ1n) is 12.2. The Morgan fingerprint density at radius 2 is 1.97 bits per heavy atom. The summed E-state index contributed by atoms with van der Waals surface area (Å²) >= 11 is 3.72. The molecular formula is C28H35BrINOS2. The molecule has 1 fully saturated rings. The Kier molecular flexibility index (Phi) is 11.3. The Morgan fingerprint density at radius 3 is 2.85 bits per heavy atom. The number of thiophene rings is 1. The lowest BCUT2D eigenvalue weighted by Crippen LogP contribution is -2.38. The van der Waals surface area contributed by atoms with Crippen molar-refractivity contribution >= 4 is 79.7 Å². The van der Waals surface area contributed by atoms with E-state index in [0.29, 0.717) is 0 Å². The summed E-state index contributed by atoms with van der Waals surface area (Å²) < 4.78 is 7.30. The molecular weight excluding hydrogens is 637 g/mol. The molecule has 5 rings (SSSR count). The van der Waals surface area contributed by atoms with Gasteiger partial charge in [0.1, 0.15) is 5.75 Å². The van der Waals surface area contributed by atoms with E-state index in [1.165, 1.54) is 64.1 Å². The number of fused-ring (bicyclic) bond motifs is 2. The van der Waals surface area contributed by atoms with Crippen LogP contribution < -0.4 is 4.74 Å². The van der Waals surface area contributed by atoms with E-state index in [2.05, 4.69) is 65.7 Å². The minimum absolute atomic E-state index is 0. The molecule has 1 unspecified atom stereocenters. The highest BCUT2D eigenvalue weighted by molar-refractivity contribution is 14.0. The van der Waals surface area contributed by atoms with Crippen LogP contribution in [0.25, 0.3) is 15.7 Å². The third-order valence-corrected chi connectivity index (χ3v) is 8.71. The zero-order chi connectivity index (χ0) is 21.8. The Morgan fingerprint density at radius 1 is 1.09 bits per heavy atom. The molecule has 2 aliphatic heterocycles. The fourth-order valence-corrected chi connectivity index (χ4v) is 6.81. The SMILES string of the molecule is Br.CCCCOc1cccc(Sc2ccc3scc(C4=CCN5CCCCC5CC4)c3c2)c1.I. The topological polar surface area (TPSA) is 12.5 Å². The van der Waals surface area contributed by atoms with Crippen molar-refractivity contribution in [1.29, 1.82) is 0 Å². The van der Waals surface area contributed by atoms with E-state index in [-0.39, 0.29) is 41.0 Å². The van der Waals surface area contributed by atoms with Gasteiger partial charge in [-0.3, -0.25) is 4.90 Å². The molecule has 0 radical (unpaired) electrons. The van der Waals surface area contributed by atoms with E-state index in [4.69, 9.17) is 4.74 Å². The summed E-state index contributed by atoms with van der Waals surface area (Å²) in [4.78, 5) is 5.25. The highest BCUT2D eigenvalue weighted by Gasteiger charge is 2.24. The molecule has 0 aliphatic carbocycles. The average molecular weight is 673 g/mol. The normalized spacial score (nSPS) is 18.3. The van der Waals surface area contributed by atoms with Crippen molar-refractivity contribution in [3.8, 4) is 5.75 Å². The fourth-order valence-electron chi connectivity index (χ4n) is 4.94. The average Bonchev–Trinajstić information content (AvgIpc) is 3.11. The van der Waals surface area contributed by atoms with Crippen LogP contribution in [0.3, 0.4) is 0 Å². The Labute approximate surface area is 240 Å². The van der Waals surface area contributed by atoms with Crippen molar-refractivity contribution in [2.24, 2.45) is 0 Å². The molecule has 184 valence electrons. The Bertz CT molecular complexity index is 1100. The van der Waals surface area contributed by atoms with Crippen LogP contribution in [0.5, 0.6) is 5.75 Å². The highest BCUT2D eigenvalue weighted by atomic mass is 127. The molecule has 3 heterocycles. The van der Waals surface area contributed by atoms with Crippen LogP contribution in [0.15, 0.2) is 63.7 Å². The summed E-state index contributed by atoms with van der Waals surface area (Å²) in [6, 6.07) is 16.3. The third kappa shape index (κ3) is 6.81. The van der Waals surface area contributed by atoms with Crippen LogP contribution in [-0.2, 0) is 0 Å². The lowest BCUT2D eigenvalue weighted by Gasteiger charge is -2.33. The summed E-state index contributed by atoms with van der Waals surface area (Å²) in [7, 11) is 0. The van der Waals surface area contributed by atoms with Crippen molar-refractivity contribution in [2.75, 3.05) is 19.7 Å². The van der Waals surface area contributed by atoms with Crippen LogP contribution in [-0.4, -0.2) is 30.6 Å². The number of halogens is 2. The molecule has 0 bridgehead atoms. The molecule has 0 amide bonds. The van der Waals surface area contributed by atoms with Gasteiger partial charge in [-0.25, -0.2) is 0 Å². The minimum Gasteiger partial charge on any atom is -0.494 e. The number of unbranched alkanes of at least 4 members (excludes halogenated alkanes) is 1. The molecule has 34 heavy (non-hydrogen) atoms. The third-order valence-electron chi connectivity index (χ3n) is 6.77. The van der Waals surface area contributed by atoms with E-state index < -0.39 is 0 Å². The summed E-state index contributed by atoms with van der Waals surface area (Å²) in [6.45, 7) is 5.39. The number of hydrogen-bond donors (Lipinski definition) is 0. The predicted octanol–water partition coefficient (Wildman–Crippen LogP) is 9.46. The van der Waals surface area contributed by atoms with Gasteiger partial charge in [-0.1, -0.05) is 43.7 Å². The van der Waals surface area contributed by atoms with Crippen LogP contribution in [0.4, 0.5) is 0 Å². The number of rotatable bonds is 7. The first-order chi connectivity index (χ1) is 15.8. The molecule has 0 N–H and O–H groups in total. The van der Waals surface area contributed by atoms with Gasteiger partial charge in [-0.2, -0.15) is 0 Å². The summed E-state index contributed by atoms with van der Waals surface area (Å²) in [5.41, 5.74) is 3.02. The lowest BCUT2D eigenvalue weighted by molar-refractivity contribution is 0.161. The smallest absolute Gasteiger partial charge is 0.120 e. The van der Waals surface area contributed by atoms with Crippen molar-refractivity contribution in [1.82, 2.24) is 4.90 Å². The van der Waals surface area contributed by atoms with Crippen LogP contribution in [0, 0.1) is 0 Å². The van der Waals surface area contributed by atoms with Crippen LogP contribution >= 0.6 is 64.1 Å². The summed E-state index contributed by atoms with van der Waals surface area (Å²) in [5.74, 6) is 0.973. The van der Waals surface area contributed by atoms with Gasteiger partial charge in [0, 0.05) is 32.5 Å². The quantitative estimate of drug-likeness (QED) is 0.183. The number of nitrogens with zero attached hydrogens (tertiary/aromatic N) is 1. The first-order valence-corrected chi connectivity index (χ1v) is 13.8. The number of piperidine rings is 1. The Balaban J connectivity index is 0.00000162. The zero-order valence-corrected chi connectivity index (χ0v) is 25.5. The monoisotopic (exact) mass is 671 g/mol. The maximum absolute atomic E-state index is 5.91. The van der Waals surface area contributed by atoms with Gasteiger partial charge in [-0.15, -0.1) is 52.3 Å². The molecule has 1 aromatic heterocycles. The van der Waals surface area contributed by atoms with Crippen LogP contribution in [0.2, 0.25) is 0 Å². The molecule has 6 heteroatoms. The molecule has 0 saturated carbocycles. The second-order valence-corrected chi connectivity index (χ2v) is 11.1. The largest absolute Gasteiger partial charge is 0.494 e. The maximum atomic E-state index is 5.91. The molecule has 2 aliphatic rings. The molecule has 1 atom stereocenters. The molecule has 2 nitrogen and oxygen atoms in total. The van der Waals surface area contributed by atoms with Gasteiger partial charge >= 0.3 is 0 Å². The molecule has 1 saturated heterocycles. The van der Waals surface area contributed by atoms with E-state index >= 15 is 0 Å². The predicted molar refractivity (Wildman–Crippen MR) is 165 cm³/mol. The van der Waals surface area contributed by atoms with Gasteiger partial charge in [-0.05, 0) is 91.6 Å². The number of hydrogen-bond acceptors (Lipinski definition) is 4. The van der Waals surface area contributed by atoms with Crippen LogP contribution in [0.1, 0.15) is 57.4 Å². The second kappa shape index (κ2) is 13.7.